The predicted molar refractivity (Wildman–Crippen MR) is 180 cm³/mol. The number of unbranched alkanes of at least 4 members (excludes halogenated alkanes) is 2. The lowest BCUT2D eigenvalue weighted by atomic mass is 9.93. The van der Waals surface area contributed by atoms with E-state index < -0.39 is 35.1 Å². The van der Waals surface area contributed by atoms with Crippen molar-refractivity contribution in [3.63, 3.8) is 0 Å². The third kappa shape index (κ3) is 20.0. The van der Waals surface area contributed by atoms with E-state index in [1.807, 2.05) is 65.0 Å². The van der Waals surface area contributed by atoms with E-state index in [1.165, 1.54) is 0 Å². The lowest BCUT2D eigenvalue weighted by molar-refractivity contribution is -0.131. The lowest BCUT2D eigenvalue weighted by Gasteiger charge is -2.29. The molecule has 1 rings (SSSR count). The minimum Gasteiger partial charge on any atom is -0.380 e. The number of nitrogens with one attached hydrogen (secondary N) is 6. The molecule has 0 fully saturated rings. The van der Waals surface area contributed by atoms with E-state index >= 15 is 0 Å². The number of amides is 6. The number of rotatable bonds is 23. The number of carbonyl (C=O) groups is 6. The average molecular weight is 661 g/mol. The fourth-order valence-corrected chi connectivity index (χ4v) is 4.21. The molecule has 6 amide bonds. The van der Waals surface area contributed by atoms with Crippen molar-refractivity contribution in [3.8, 4) is 0 Å². The summed E-state index contributed by atoms with van der Waals surface area (Å²) in [6, 6.07) is 8.09. The third-order valence-corrected chi connectivity index (χ3v) is 7.09. The number of hydrogen-bond acceptors (Lipinski definition) is 7. The van der Waals surface area contributed by atoms with E-state index in [2.05, 4.69) is 31.9 Å². The first-order chi connectivity index (χ1) is 22.2. The number of hydrogen-bond donors (Lipinski definition) is 6. The second-order valence-corrected chi connectivity index (χ2v) is 13.3. The molecule has 0 bridgehead atoms. The van der Waals surface area contributed by atoms with Crippen LogP contribution in [0.3, 0.4) is 0 Å². The molecular formula is C34H56N6O7. The zero-order valence-corrected chi connectivity index (χ0v) is 29.0. The largest absolute Gasteiger partial charge is 0.380 e. The van der Waals surface area contributed by atoms with Crippen molar-refractivity contribution in [1.82, 2.24) is 31.9 Å². The molecule has 0 spiro atoms. The minimum atomic E-state index is -0.997. The van der Waals surface area contributed by atoms with Crippen molar-refractivity contribution in [2.24, 2.45) is 10.8 Å². The van der Waals surface area contributed by atoms with Gasteiger partial charge < -0.3 is 36.6 Å². The first-order valence-corrected chi connectivity index (χ1v) is 16.4. The summed E-state index contributed by atoms with van der Waals surface area (Å²) in [6.07, 6.45) is 3.59. The highest BCUT2D eigenvalue weighted by Crippen LogP contribution is 2.19. The van der Waals surface area contributed by atoms with Crippen LogP contribution in [0.4, 0.5) is 0 Å². The Balaban J connectivity index is 2.56. The molecular weight excluding hydrogens is 604 g/mol. The fourth-order valence-electron chi connectivity index (χ4n) is 4.21. The van der Waals surface area contributed by atoms with Crippen LogP contribution in [0, 0.1) is 10.8 Å². The van der Waals surface area contributed by atoms with Crippen LogP contribution >= 0.6 is 0 Å². The molecule has 13 heteroatoms. The zero-order chi connectivity index (χ0) is 35.3. The smallest absolute Gasteiger partial charge is 0.243 e. The third-order valence-electron chi connectivity index (χ3n) is 7.09. The average Bonchev–Trinajstić information content (AvgIpc) is 3.03. The predicted octanol–water partition coefficient (Wildman–Crippen LogP) is 1.35. The normalized spacial score (nSPS) is 12.0. The summed E-state index contributed by atoms with van der Waals surface area (Å²) < 4.78 is 5.90. The van der Waals surface area contributed by atoms with Gasteiger partial charge in [0.05, 0.1) is 32.8 Å². The fraction of sp³-hybridized carbons (Fsp3) is 0.647. The van der Waals surface area contributed by atoms with Crippen LogP contribution in [0.25, 0.3) is 0 Å². The van der Waals surface area contributed by atoms with E-state index in [0.29, 0.717) is 39.1 Å². The van der Waals surface area contributed by atoms with Gasteiger partial charge >= 0.3 is 0 Å². The second kappa shape index (κ2) is 21.7. The van der Waals surface area contributed by atoms with Crippen molar-refractivity contribution >= 4 is 35.4 Å². The standard InChI is InChI=1S/C34H56N6O7/c1-7-9-11-16-28(42)35-18-29(43)36-20-31(45)40-26(17-25-14-12-10-13-15-25)32(46)37-19-30(44)39-22-34(5,6)24-47-23-33(3,4)21-38-27(41)8-2/h10,12-15,26H,7-9,11,16-24H2,1-6H3,(H,35,42)(H,36,43)(H,37,46)(H,38,41)(H,39,44)(H,40,45)/t26-/m0/s1. The first-order valence-electron chi connectivity index (χ1n) is 16.4. The highest BCUT2D eigenvalue weighted by atomic mass is 16.5. The van der Waals surface area contributed by atoms with Gasteiger partial charge in [-0.2, -0.15) is 0 Å². The summed E-state index contributed by atoms with van der Waals surface area (Å²) in [6.45, 7) is 12.4. The SMILES string of the molecule is CCCCCC(=O)NCC(=O)NCC(=O)N[C@@H](Cc1ccccc1)C(=O)NCC(=O)NCC(C)(C)COCC(C)(C)CNC(=O)CC. The van der Waals surface area contributed by atoms with Crippen molar-refractivity contribution in [3.05, 3.63) is 35.9 Å². The van der Waals surface area contributed by atoms with Crippen LogP contribution in [0.15, 0.2) is 30.3 Å². The maximum absolute atomic E-state index is 13.1. The van der Waals surface area contributed by atoms with Crippen LogP contribution in [0.5, 0.6) is 0 Å². The Morgan fingerprint density at radius 3 is 1.79 bits per heavy atom. The molecule has 1 aromatic rings. The summed E-state index contributed by atoms with van der Waals surface area (Å²) in [5.41, 5.74) is 0.149. The van der Waals surface area contributed by atoms with Crippen LogP contribution in [-0.4, -0.2) is 87.4 Å². The molecule has 13 nitrogen and oxygen atoms in total. The van der Waals surface area contributed by atoms with Gasteiger partial charge in [0.1, 0.15) is 6.04 Å². The number of ether oxygens (including phenoxy) is 1. The van der Waals surface area contributed by atoms with Crippen molar-refractivity contribution in [2.75, 3.05) is 45.9 Å². The van der Waals surface area contributed by atoms with Gasteiger partial charge in [0.2, 0.25) is 35.4 Å². The quantitative estimate of drug-likeness (QED) is 0.0958. The minimum absolute atomic E-state index is 0.0121. The van der Waals surface area contributed by atoms with Gasteiger partial charge in [0.25, 0.3) is 0 Å². The Morgan fingerprint density at radius 1 is 0.660 bits per heavy atom. The topological polar surface area (TPSA) is 184 Å². The Morgan fingerprint density at radius 2 is 1.19 bits per heavy atom. The van der Waals surface area contributed by atoms with Gasteiger partial charge in [0.15, 0.2) is 0 Å². The van der Waals surface area contributed by atoms with Gasteiger partial charge in [0, 0.05) is 43.2 Å². The van der Waals surface area contributed by atoms with Crippen molar-refractivity contribution in [2.45, 2.75) is 86.1 Å². The first kappa shape index (κ1) is 41.0. The van der Waals surface area contributed by atoms with Crippen molar-refractivity contribution < 1.29 is 33.5 Å². The van der Waals surface area contributed by atoms with Crippen LogP contribution < -0.4 is 31.9 Å². The Hall–Kier alpha value is -4.00. The highest BCUT2D eigenvalue weighted by Gasteiger charge is 2.25. The maximum Gasteiger partial charge on any atom is 0.243 e. The monoisotopic (exact) mass is 660 g/mol. The molecule has 6 N–H and O–H groups in total. The Kier molecular flexibility index (Phi) is 19.0. The Bertz CT molecular complexity index is 1160. The molecule has 1 atom stereocenters. The molecule has 47 heavy (non-hydrogen) atoms. The van der Waals surface area contributed by atoms with Crippen LogP contribution in [-0.2, 0) is 39.9 Å². The summed E-state index contributed by atoms with van der Waals surface area (Å²) in [7, 11) is 0. The van der Waals surface area contributed by atoms with Crippen LogP contribution in [0.1, 0.15) is 79.2 Å². The molecule has 0 saturated carbocycles. The lowest BCUT2D eigenvalue weighted by Crippen LogP contribution is -2.52. The van der Waals surface area contributed by atoms with E-state index in [9.17, 15) is 28.8 Å². The summed E-state index contributed by atoms with van der Waals surface area (Å²) in [4.78, 5) is 73.8. The van der Waals surface area contributed by atoms with Gasteiger partial charge in [-0.25, -0.2) is 0 Å². The van der Waals surface area contributed by atoms with E-state index in [4.69, 9.17) is 4.74 Å². The van der Waals surface area contributed by atoms with E-state index in [1.54, 1.807) is 6.92 Å². The second-order valence-electron chi connectivity index (χ2n) is 13.3. The maximum atomic E-state index is 13.1. The van der Waals surface area contributed by atoms with Gasteiger partial charge in [-0.15, -0.1) is 0 Å². The molecule has 0 saturated heterocycles. The molecule has 264 valence electrons. The molecule has 0 aliphatic heterocycles. The van der Waals surface area contributed by atoms with Crippen molar-refractivity contribution in [1.29, 1.82) is 0 Å². The molecule has 0 unspecified atom stereocenters. The summed E-state index contributed by atoms with van der Waals surface area (Å²) >= 11 is 0. The summed E-state index contributed by atoms with van der Waals surface area (Å²) in [5.74, 6) is -2.31. The van der Waals surface area contributed by atoms with Gasteiger partial charge in [-0.05, 0) is 12.0 Å². The van der Waals surface area contributed by atoms with E-state index in [-0.39, 0.29) is 43.3 Å². The molecule has 0 aromatic heterocycles. The number of benzene rings is 1. The molecule has 0 radical (unpaired) electrons. The zero-order valence-electron chi connectivity index (χ0n) is 29.0. The van der Waals surface area contributed by atoms with E-state index in [0.717, 1.165) is 24.8 Å². The molecule has 1 aromatic carbocycles. The van der Waals surface area contributed by atoms with Gasteiger partial charge in [-0.3, -0.25) is 28.8 Å². The highest BCUT2D eigenvalue weighted by molar-refractivity contribution is 5.92. The number of carbonyl (C=O) groups excluding carboxylic acids is 6. The summed E-state index contributed by atoms with van der Waals surface area (Å²) in [5, 5.41) is 15.9. The van der Waals surface area contributed by atoms with Gasteiger partial charge in [-0.1, -0.05) is 84.7 Å². The Labute approximate surface area is 279 Å². The van der Waals surface area contributed by atoms with Crippen LogP contribution in [0.2, 0.25) is 0 Å². The molecule has 0 heterocycles. The molecule has 0 aliphatic rings. The molecule has 0 aliphatic carbocycles.